The molecule has 122 valence electrons. The van der Waals surface area contributed by atoms with Gasteiger partial charge in [0.05, 0.1) is 0 Å². The molecule has 0 aromatic carbocycles. The monoisotopic (exact) mass is 313 g/mol. The largest absolute Gasteiger partial charge is 0.363 e. The second-order valence-corrected chi connectivity index (χ2v) is 5.83. The highest BCUT2D eigenvalue weighted by molar-refractivity contribution is 5.44. The quantitative estimate of drug-likeness (QED) is 0.841. The lowest BCUT2D eigenvalue weighted by atomic mass is 10.3. The van der Waals surface area contributed by atoms with E-state index in [1.165, 1.54) is 5.56 Å². The van der Waals surface area contributed by atoms with Gasteiger partial charge in [-0.3, -0.25) is 0 Å². The SMILES string of the molecule is CCc1cnc(N2CCN(c3nccc(N(C)C)n3)CC2)nc1. The zero-order chi connectivity index (χ0) is 16.2. The summed E-state index contributed by atoms with van der Waals surface area (Å²) >= 11 is 0. The van der Waals surface area contributed by atoms with Gasteiger partial charge in [0.15, 0.2) is 0 Å². The van der Waals surface area contributed by atoms with E-state index in [1.54, 1.807) is 0 Å². The topological polar surface area (TPSA) is 61.3 Å². The van der Waals surface area contributed by atoms with Crippen molar-refractivity contribution in [3.8, 4) is 0 Å². The van der Waals surface area contributed by atoms with Gasteiger partial charge in [0.2, 0.25) is 11.9 Å². The molecular formula is C16H23N7. The Balaban J connectivity index is 1.64. The van der Waals surface area contributed by atoms with Crippen LogP contribution in [0.1, 0.15) is 12.5 Å². The van der Waals surface area contributed by atoms with Crippen LogP contribution in [0.25, 0.3) is 0 Å². The Morgan fingerprint density at radius 1 is 0.957 bits per heavy atom. The first-order chi connectivity index (χ1) is 11.2. The summed E-state index contributed by atoms with van der Waals surface area (Å²) in [6, 6.07) is 1.92. The van der Waals surface area contributed by atoms with Crippen LogP contribution in [0.2, 0.25) is 0 Å². The molecule has 0 saturated carbocycles. The van der Waals surface area contributed by atoms with Gasteiger partial charge in [-0.25, -0.2) is 15.0 Å². The Kier molecular flexibility index (Phi) is 4.55. The Labute approximate surface area is 137 Å². The van der Waals surface area contributed by atoms with Crippen molar-refractivity contribution in [2.45, 2.75) is 13.3 Å². The first-order valence-electron chi connectivity index (χ1n) is 7.98. The molecule has 0 spiro atoms. The van der Waals surface area contributed by atoms with E-state index in [2.05, 4.69) is 36.7 Å². The molecule has 3 rings (SSSR count). The molecule has 0 atom stereocenters. The van der Waals surface area contributed by atoms with Gasteiger partial charge in [0, 0.05) is 58.9 Å². The van der Waals surface area contributed by atoms with Crippen LogP contribution in [0.3, 0.4) is 0 Å². The molecule has 7 nitrogen and oxygen atoms in total. The third kappa shape index (κ3) is 3.49. The van der Waals surface area contributed by atoms with Crippen LogP contribution in [-0.2, 0) is 6.42 Å². The summed E-state index contributed by atoms with van der Waals surface area (Å²) in [5.74, 6) is 2.53. The summed E-state index contributed by atoms with van der Waals surface area (Å²) in [7, 11) is 3.97. The minimum atomic E-state index is 0.790. The zero-order valence-corrected chi connectivity index (χ0v) is 14.0. The van der Waals surface area contributed by atoms with Gasteiger partial charge in [0.25, 0.3) is 0 Å². The summed E-state index contributed by atoms with van der Waals surface area (Å²) in [5.41, 5.74) is 1.17. The first-order valence-corrected chi connectivity index (χ1v) is 7.98. The molecule has 0 aliphatic carbocycles. The number of hydrogen-bond donors (Lipinski definition) is 0. The molecular weight excluding hydrogens is 290 g/mol. The number of hydrogen-bond acceptors (Lipinski definition) is 7. The van der Waals surface area contributed by atoms with E-state index in [1.807, 2.05) is 43.7 Å². The maximum atomic E-state index is 4.61. The van der Waals surface area contributed by atoms with E-state index < -0.39 is 0 Å². The Morgan fingerprint density at radius 2 is 1.57 bits per heavy atom. The summed E-state index contributed by atoms with van der Waals surface area (Å²) in [4.78, 5) is 24.4. The molecule has 2 aromatic rings. The van der Waals surface area contributed by atoms with Gasteiger partial charge in [-0.15, -0.1) is 0 Å². The zero-order valence-electron chi connectivity index (χ0n) is 14.0. The smallest absolute Gasteiger partial charge is 0.227 e. The van der Waals surface area contributed by atoms with E-state index in [-0.39, 0.29) is 0 Å². The average Bonchev–Trinajstić information content (AvgIpc) is 2.62. The average molecular weight is 313 g/mol. The van der Waals surface area contributed by atoms with Gasteiger partial charge in [0.1, 0.15) is 5.82 Å². The van der Waals surface area contributed by atoms with Crippen LogP contribution in [0, 0.1) is 0 Å². The van der Waals surface area contributed by atoms with Crippen LogP contribution < -0.4 is 14.7 Å². The Hall–Kier alpha value is -2.44. The fourth-order valence-electron chi connectivity index (χ4n) is 2.54. The van der Waals surface area contributed by atoms with Crippen molar-refractivity contribution in [1.29, 1.82) is 0 Å². The lowest BCUT2D eigenvalue weighted by Gasteiger charge is -2.34. The summed E-state index contributed by atoms with van der Waals surface area (Å²) in [5, 5.41) is 0. The van der Waals surface area contributed by atoms with Crippen LogP contribution >= 0.6 is 0 Å². The molecule has 1 aliphatic rings. The molecule has 3 heterocycles. The molecule has 0 bridgehead atoms. The predicted molar refractivity (Wildman–Crippen MR) is 92.2 cm³/mol. The van der Waals surface area contributed by atoms with Gasteiger partial charge in [-0.05, 0) is 18.1 Å². The molecule has 0 N–H and O–H groups in total. The minimum absolute atomic E-state index is 0.790. The molecule has 1 aliphatic heterocycles. The first kappa shape index (κ1) is 15.5. The third-order valence-corrected chi connectivity index (χ3v) is 4.03. The molecule has 0 unspecified atom stereocenters. The van der Waals surface area contributed by atoms with Crippen molar-refractivity contribution in [2.75, 3.05) is 55.0 Å². The molecule has 0 amide bonds. The van der Waals surface area contributed by atoms with E-state index in [4.69, 9.17) is 0 Å². The van der Waals surface area contributed by atoms with Crippen molar-refractivity contribution in [1.82, 2.24) is 19.9 Å². The van der Waals surface area contributed by atoms with Crippen LogP contribution in [0.4, 0.5) is 17.7 Å². The number of piperazine rings is 1. The van der Waals surface area contributed by atoms with Crippen molar-refractivity contribution in [3.05, 3.63) is 30.2 Å². The Bertz CT molecular complexity index is 633. The summed E-state index contributed by atoms with van der Waals surface area (Å²) < 4.78 is 0. The van der Waals surface area contributed by atoms with E-state index in [9.17, 15) is 0 Å². The standard InChI is InChI=1S/C16H23N7/c1-4-13-11-18-15(19-12-13)22-7-9-23(10-8-22)16-17-6-5-14(20-16)21(2)3/h5-6,11-12H,4,7-10H2,1-3H3. The number of aromatic nitrogens is 4. The normalized spacial score (nSPS) is 14.9. The van der Waals surface area contributed by atoms with E-state index in [0.29, 0.717) is 0 Å². The lowest BCUT2D eigenvalue weighted by Crippen LogP contribution is -2.47. The highest BCUT2D eigenvalue weighted by atomic mass is 15.4. The van der Waals surface area contributed by atoms with Gasteiger partial charge in [-0.2, -0.15) is 4.98 Å². The highest BCUT2D eigenvalue weighted by Gasteiger charge is 2.21. The minimum Gasteiger partial charge on any atom is -0.363 e. The summed E-state index contributed by atoms with van der Waals surface area (Å²) in [6.07, 6.45) is 6.61. The van der Waals surface area contributed by atoms with E-state index >= 15 is 0 Å². The molecule has 7 heteroatoms. The maximum Gasteiger partial charge on any atom is 0.227 e. The van der Waals surface area contributed by atoms with Gasteiger partial charge < -0.3 is 14.7 Å². The van der Waals surface area contributed by atoms with Crippen molar-refractivity contribution in [3.63, 3.8) is 0 Å². The number of anilines is 3. The van der Waals surface area contributed by atoms with Crippen molar-refractivity contribution >= 4 is 17.7 Å². The molecule has 23 heavy (non-hydrogen) atoms. The molecule has 1 saturated heterocycles. The molecule has 0 radical (unpaired) electrons. The van der Waals surface area contributed by atoms with Crippen LogP contribution in [0.5, 0.6) is 0 Å². The van der Waals surface area contributed by atoms with Crippen molar-refractivity contribution < 1.29 is 0 Å². The van der Waals surface area contributed by atoms with Crippen LogP contribution in [-0.4, -0.2) is 60.2 Å². The Morgan fingerprint density at radius 3 is 2.13 bits per heavy atom. The highest BCUT2D eigenvalue weighted by Crippen LogP contribution is 2.17. The second kappa shape index (κ2) is 6.76. The fraction of sp³-hybridized carbons (Fsp3) is 0.500. The maximum absolute atomic E-state index is 4.61. The second-order valence-electron chi connectivity index (χ2n) is 5.83. The predicted octanol–water partition coefficient (Wildman–Crippen LogP) is 1.22. The van der Waals surface area contributed by atoms with Gasteiger partial charge >= 0.3 is 0 Å². The molecule has 1 fully saturated rings. The van der Waals surface area contributed by atoms with E-state index in [0.717, 1.165) is 50.3 Å². The fourth-order valence-corrected chi connectivity index (χ4v) is 2.54. The number of aryl methyl sites for hydroxylation is 1. The third-order valence-electron chi connectivity index (χ3n) is 4.03. The van der Waals surface area contributed by atoms with Gasteiger partial charge in [-0.1, -0.05) is 6.92 Å². The summed E-state index contributed by atoms with van der Waals surface area (Å²) in [6.45, 7) is 5.60. The number of nitrogens with zero attached hydrogens (tertiary/aromatic N) is 7. The van der Waals surface area contributed by atoms with Crippen LogP contribution in [0.15, 0.2) is 24.7 Å². The number of rotatable bonds is 4. The lowest BCUT2D eigenvalue weighted by molar-refractivity contribution is 0.627. The van der Waals surface area contributed by atoms with Crippen molar-refractivity contribution in [2.24, 2.45) is 0 Å². The molecule has 2 aromatic heterocycles.